The lowest BCUT2D eigenvalue weighted by atomic mass is 9.67. The molecule has 0 atom stereocenters. The number of aryl methyl sites for hydroxylation is 1. The van der Waals surface area contributed by atoms with Gasteiger partial charge in [0.2, 0.25) is 0 Å². The number of para-hydroxylation sites is 1. The molecule has 0 N–H and O–H groups in total. The number of fused-ring (bicyclic) bond motifs is 7. The predicted octanol–water partition coefficient (Wildman–Crippen LogP) is 23.1. The molecule has 0 fully saturated rings. The molecule has 3 heteroatoms. The van der Waals surface area contributed by atoms with Crippen LogP contribution in [-0.2, 0) is 16.2 Å². The molecule has 1 aromatic heterocycles. The Morgan fingerprint density at radius 2 is 0.733 bits per heavy atom. The summed E-state index contributed by atoms with van der Waals surface area (Å²) in [6.07, 6.45) is 0. The average Bonchev–Trinajstić information content (AvgIpc) is 1.51. The Morgan fingerprint density at radius 1 is 0.349 bits per heavy atom. The van der Waals surface area contributed by atoms with Crippen molar-refractivity contribution in [1.82, 2.24) is 0 Å². The van der Waals surface area contributed by atoms with E-state index in [1.165, 1.54) is 72.3 Å². The van der Waals surface area contributed by atoms with E-state index in [0.717, 1.165) is 72.8 Å². The van der Waals surface area contributed by atoms with Gasteiger partial charge in [-0.2, -0.15) is 0 Å². The molecule has 1 aliphatic rings. The summed E-state index contributed by atoms with van der Waals surface area (Å²) in [5.74, 6) is 0. The van der Waals surface area contributed by atoms with Crippen LogP contribution in [0.25, 0.3) is 66.4 Å². The molecular weight excluding hydrogens is 1040 g/mol. The van der Waals surface area contributed by atoms with Gasteiger partial charge >= 0.3 is 0 Å². The number of furan rings is 1. The molecule has 0 unspecified atom stereocenters. The smallest absolute Gasteiger partial charge is 0.145 e. The van der Waals surface area contributed by atoms with E-state index in [1.807, 2.05) is 0 Å². The average molecular weight is 1110 g/mol. The highest BCUT2D eigenvalue weighted by molar-refractivity contribution is 6.20. The second kappa shape index (κ2) is 21.3. The fraction of sp³-hybridized carbons (Fsp3) is 0.133. The van der Waals surface area contributed by atoms with E-state index in [-0.39, 0.29) is 10.8 Å². The minimum atomic E-state index is -0.864. The van der Waals surface area contributed by atoms with Crippen molar-refractivity contribution in [3.8, 4) is 44.5 Å². The topological polar surface area (TPSA) is 19.6 Å². The molecule has 14 rings (SSSR count). The Morgan fingerprint density at radius 3 is 1.21 bits per heavy atom. The third-order valence-electron chi connectivity index (χ3n) is 18.0. The molecule has 1 aliphatic carbocycles. The van der Waals surface area contributed by atoms with E-state index in [2.05, 4.69) is 344 Å². The Kier molecular flexibility index (Phi) is 13.4. The first kappa shape index (κ1) is 54.0. The molecule has 12 aromatic carbocycles. The fourth-order valence-electron chi connectivity index (χ4n) is 13.6. The van der Waals surface area contributed by atoms with Crippen LogP contribution < -0.4 is 9.80 Å². The van der Waals surface area contributed by atoms with Gasteiger partial charge in [0.1, 0.15) is 11.2 Å². The fourth-order valence-corrected chi connectivity index (χ4v) is 13.6. The monoisotopic (exact) mass is 1110 g/mol. The molecule has 0 saturated carbocycles. The predicted molar refractivity (Wildman–Crippen MR) is 364 cm³/mol. The molecule has 3 nitrogen and oxygen atoms in total. The molecule has 0 aliphatic heterocycles. The van der Waals surface area contributed by atoms with Gasteiger partial charge in [0, 0.05) is 39.3 Å². The third kappa shape index (κ3) is 9.13. The number of hydrogen-bond acceptors (Lipinski definition) is 3. The van der Waals surface area contributed by atoms with Crippen molar-refractivity contribution in [3.05, 3.63) is 324 Å². The SMILES string of the molecule is Cc1ccccc1-c1c(N(c2ccc(-c3ccccc3)cc2)c2ccc(C(C)(C)C)cc2)cc2c(c1C)-c1c(cc(N(c3ccc(-c4ccccc4)cc3)c3ccc(C(C)(C)C)cc3)c3c1oc1ccccc13)C2(c1ccccc1)c1ccccc1. The molecule has 418 valence electrons. The van der Waals surface area contributed by atoms with Gasteiger partial charge in [0.15, 0.2) is 0 Å². The second-order valence-electron chi connectivity index (χ2n) is 25.3. The molecular formula is C83H70N2O. The molecule has 1 heterocycles. The molecule has 13 aromatic rings. The van der Waals surface area contributed by atoms with E-state index in [4.69, 9.17) is 4.42 Å². The first-order chi connectivity index (χ1) is 41.8. The highest BCUT2D eigenvalue weighted by Gasteiger charge is 2.50. The van der Waals surface area contributed by atoms with Crippen molar-refractivity contribution in [3.63, 3.8) is 0 Å². The zero-order chi connectivity index (χ0) is 58.9. The normalized spacial score (nSPS) is 12.7. The lowest BCUT2D eigenvalue weighted by Gasteiger charge is -2.37. The number of anilines is 6. The first-order valence-corrected chi connectivity index (χ1v) is 30.2. The number of benzene rings is 12. The Bertz CT molecular complexity index is 4570. The number of nitrogens with zero attached hydrogens (tertiary/aromatic N) is 2. The Labute approximate surface area is 507 Å². The zero-order valence-electron chi connectivity index (χ0n) is 50.4. The van der Waals surface area contributed by atoms with Gasteiger partial charge in [0.25, 0.3) is 0 Å². The Balaban J connectivity index is 1.13. The van der Waals surface area contributed by atoms with Crippen LogP contribution in [0.4, 0.5) is 34.1 Å². The zero-order valence-corrected chi connectivity index (χ0v) is 50.4. The van der Waals surface area contributed by atoms with Crippen molar-refractivity contribution >= 4 is 56.1 Å². The van der Waals surface area contributed by atoms with Gasteiger partial charge in [-0.25, -0.2) is 0 Å². The maximum absolute atomic E-state index is 7.61. The van der Waals surface area contributed by atoms with E-state index in [0.29, 0.717) is 0 Å². The van der Waals surface area contributed by atoms with Gasteiger partial charge < -0.3 is 14.2 Å². The molecule has 0 bridgehead atoms. The van der Waals surface area contributed by atoms with Gasteiger partial charge in [-0.15, -0.1) is 0 Å². The van der Waals surface area contributed by atoms with Crippen molar-refractivity contribution in [2.75, 3.05) is 9.80 Å². The van der Waals surface area contributed by atoms with Crippen molar-refractivity contribution in [2.24, 2.45) is 0 Å². The highest BCUT2D eigenvalue weighted by Crippen LogP contribution is 2.64. The summed E-state index contributed by atoms with van der Waals surface area (Å²) < 4.78 is 7.61. The summed E-state index contributed by atoms with van der Waals surface area (Å²) >= 11 is 0. The summed E-state index contributed by atoms with van der Waals surface area (Å²) in [7, 11) is 0. The largest absolute Gasteiger partial charge is 0.455 e. The third-order valence-corrected chi connectivity index (χ3v) is 18.0. The van der Waals surface area contributed by atoms with Crippen LogP contribution in [0.1, 0.15) is 86.1 Å². The lowest BCUT2D eigenvalue weighted by molar-refractivity contribution is 0.590. The Hall–Kier alpha value is -9.96. The maximum Gasteiger partial charge on any atom is 0.145 e. The van der Waals surface area contributed by atoms with Gasteiger partial charge in [-0.05, 0) is 169 Å². The van der Waals surface area contributed by atoms with Crippen LogP contribution in [0.15, 0.2) is 283 Å². The minimum Gasteiger partial charge on any atom is -0.455 e. The van der Waals surface area contributed by atoms with Gasteiger partial charge in [-0.1, -0.05) is 254 Å². The lowest BCUT2D eigenvalue weighted by Crippen LogP contribution is -2.29. The molecule has 0 saturated heterocycles. The van der Waals surface area contributed by atoms with Crippen LogP contribution in [0.3, 0.4) is 0 Å². The van der Waals surface area contributed by atoms with Gasteiger partial charge in [-0.3, -0.25) is 0 Å². The van der Waals surface area contributed by atoms with Crippen molar-refractivity contribution in [2.45, 2.75) is 71.6 Å². The summed E-state index contributed by atoms with van der Waals surface area (Å²) in [6.45, 7) is 18.4. The van der Waals surface area contributed by atoms with E-state index in [1.54, 1.807) is 0 Å². The van der Waals surface area contributed by atoms with Crippen LogP contribution in [0, 0.1) is 13.8 Å². The highest BCUT2D eigenvalue weighted by atomic mass is 16.3. The second-order valence-corrected chi connectivity index (χ2v) is 25.3. The quantitative estimate of drug-likeness (QED) is 0.129. The summed E-state index contributed by atoms with van der Waals surface area (Å²) in [5, 5.41) is 2.13. The van der Waals surface area contributed by atoms with E-state index >= 15 is 0 Å². The molecule has 0 radical (unpaired) electrons. The number of rotatable bonds is 11. The number of hydrogen-bond donors (Lipinski definition) is 0. The summed E-state index contributed by atoms with van der Waals surface area (Å²) in [6, 6.07) is 103. The van der Waals surface area contributed by atoms with Gasteiger partial charge in [0.05, 0.1) is 22.2 Å². The van der Waals surface area contributed by atoms with Crippen molar-refractivity contribution < 1.29 is 4.42 Å². The van der Waals surface area contributed by atoms with Crippen LogP contribution >= 0.6 is 0 Å². The van der Waals surface area contributed by atoms with Crippen molar-refractivity contribution in [1.29, 1.82) is 0 Å². The van der Waals surface area contributed by atoms with E-state index < -0.39 is 5.41 Å². The van der Waals surface area contributed by atoms with Crippen LogP contribution in [0.2, 0.25) is 0 Å². The maximum atomic E-state index is 7.61. The first-order valence-electron chi connectivity index (χ1n) is 30.2. The standard InChI is InChI=1S/C83H70N2O/c1-55-25-21-22-34-69(55)76-56(2)77-71(53-73(76)84(67-49-41-61(42-50-67)81(3,4)5)65-45-37-59(38-46-65)57-26-13-9-14-27-57)83(63-30-17-11-18-31-63,64-32-19-12-20-33-64)72-54-74(78-70-35-23-24-36-75(70)86-80(78)79(72)77)85(68-51-43-62(44-52-68)82(6,7)8)66-47-39-60(40-48-66)58-28-15-10-16-29-58/h9-54H,1-8H3. The minimum absolute atomic E-state index is 0.0359. The summed E-state index contributed by atoms with van der Waals surface area (Å²) in [5.41, 5.74) is 26.1. The van der Waals surface area contributed by atoms with Crippen LogP contribution in [-0.4, -0.2) is 0 Å². The molecule has 0 spiro atoms. The van der Waals surface area contributed by atoms with Crippen LogP contribution in [0.5, 0.6) is 0 Å². The molecule has 0 amide bonds. The molecule has 86 heavy (non-hydrogen) atoms. The van der Waals surface area contributed by atoms with E-state index in [9.17, 15) is 0 Å². The summed E-state index contributed by atoms with van der Waals surface area (Å²) in [4.78, 5) is 5.00.